The van der Waals surface area contributed by atoms with E-state index in [-0.39, 0.29) is 18.7 Å². The Morgan fingerprint density at radius 2 is 1.62 bits per heavy atom. The number of anilines is 1. The van der Waals surface area contributed by atoms with Crippen LogP contribution in [0.4, 0.5) is 10.5 Å². The van der Waals surface area contributed by atoms with Gasteiger partial charge in [0.25, 0.3) is 5.91 Å². The SMILES string of the molecule is CCCCCN(C(=O)C(Cc1ccc(O)cc1)NC(=O)OC(C)(C)C)C(C(=O)Nc1c(C)cccc1Cl)c1ccc(C)c(C)c1. The van der Waals surface area contributed by atoms with Crippen LogP contribution in [0, 0.1) is 20.8 Å². The molecule has 0 fully saturated rings. The van der Waals surface area contributed by atoms with E-state index in [0.717, 1.165) is 35.1 Å². The lowest BCUT2D eigenvalue weighted by atomic mass is 9.97. The van der Waals surface area contributed by atoms with Crippen LogP contribution in [-0.4, -0.2) is 46.1 Å². The number of carbonyl (C=O) groups excluding carboxylic acids is 3. The predicted molar refractivity (Wildman–Crippen MR) is 180 cm³/mol. The van der Waals surface area contributed by atoms with Crippen molar-refractivity contribution in [3.8, 4) is 5.75 Å². The highest BCUT2D eigenvalue weighted by Gasteiger charge is 2.36. The smallest absolute Gasteiger partial charge is 0.408 e. The molecule has 0 spiro atoms. The van der Waals surface area contributed by atoms with Gasteiger partial charge in [0.15, 0.2) is 0 Å². The Labute approximate surface area is 272 Å². The van der Waals surface area contributed by atoms with E-state index in [2.05, 4.69) is 17.6 Å². The first kappa shape index (κ1) is 35.4. The standard InChI is InChI=1S/C36H46ClN3O5/c1-8-9-10-20-40(34(43)30(38-35(44)45-36(5,6)7)22-26-15-18-28(41)19-16-26)32(27-17-14-23(2)25(4)21-27)33(42)39-31-24(3)12-11-13-29(31)37/h11-19,21,30,32,41H,8-10,20,22H2,1-7H3,(H,38,44)(H,39,42). The molecule has 3 amide bonds. The van der Waals surface area contributed by atoms with Crippen molar-refractivity contribution in [3.63, 3.8) is 0 Å². The van der Waals surface area contributed by atoms with Gasteiger partial charge in [0.05, 0.1) is 10.7 Å². The van der Waals surface area contributed by atoms with E-state index in [1.807, 2.05) is 51.1 Å². The topological polar surface area (TPSA) is 108 Å². The monoisotopic (exact) mass is 635 g/mol. The quantitative estimate of drug-likeness (QED) is 0.176. The maximum atomic E-state index is 14.7. The van der Waals surface area contributed by atoms with E-state index < -0.39 is 35.6 Å². The molecule has 3 aromatic rings. The number of aryl methyl sites for hydroxylation is 3. The Bertz CT molecular complexity index is 1460. The fourth-order valence-corrected chi connectivity index (χ4v) is 5.27. The van der Waals surface area contributed by atoms with Gasteiger partial charge in [-0.2, -0.15) is 0 Å². The number of para-hydroxylation sites is 1. The van der Waals surface area contributed by atoms with Crippen LogP contribution < -0.4 is 10.6 Å². The molecule has 3 N–H and O–H groups in total. The average molecular weight is 636 g/mol. The number of nitrogens with zero attached hydrogens (tertiary/aromatic N) is 1. The van der Waals surface area contributed by atoms with E-state index in [1.165, 1.54) is 12.1 Å². The molecule has 8 nitrogen and oxygen atoms in total. The third-order valence-electron chi connectivity index (χ3n) is 7.53. The fraction of sp³-hybridized carbons (Fsp3) is 0.417. The van der Waals surface area contributed by atoms with Gasteiger partial charge in [-0.05, 0) is 94.0 Å². The predicted octanol–water partition coefficient (Wildman–Crippen LogP) is 7.81. The number of hydrogen-bond acceptors (Lipinski definition) is 5. The molecule has 0 saturated carbocycles. The van der Waals surface area contributed by atoms with Crippen LogP contribution in [-0.2, 0) is 20.7 Å². The van der Waals surface area contributed by atoms with Crippen molar-refractivity contribution in [2.45, 2.75) is 91.8 Å². The average Bonchev–Trinajstić information content (AvgIpc) is 2.96. The largest absolute Gasteiger partial charge is 0.508 e. The second-order valence-electron chi connectivity index (χ2n) is 12.5. The molecule has 0 radical (unpaired) electrons. The number of rotatable bonds is 12. The molecule has 45 heavy (non-hydrogen) atoms. The molecule has 3 aromatic carbocycles. The summed E-state index contributed by atoms with van der Waals surface area (Å²) in [6.45, 7) is 13.4. The summed E-state index contributed by atoms with van der Waals surface area (Å²) in [7, 11) is 0. The summed E-state index contributed by atoms with van der Waals surface area (Å²) in [5, 5.41) is 16.0. The van der Waals surface area contributed by atoms with Crippen LogP contribution >= 0.6 is 11.6 Å². The summed E-state index contributed by atoms with van der Waals surface area (Å²) in [5.41, 5.74) is 3.88. The Kier molecular flexibility index (Phi) is 12.4. The van der Waals surface area contributed by atoms with Gasteiger partial charge in [-0.1, -0.05) is 73.8 Å². The van der Waals surface area contributed by atoms with Crippen molar-refractivity contribution in [3.05, 3.63) is 93.5 Å². The molecule has 0 saturated heterocycles. The number of aromatic hydroxyl groups is 1. The molecule has 0 aliphatic rings. The second-order valence-corrected chi connectivity index (χ2v) is 12.9. The number of hydrogen-bond donors (Lipinski definition) is 3. The first-order chi connectivity index (χ1) is 21.2. The molecular weight excluding hydrogens is 590 g/mol. The zero-order chi connectivity index (χ0) is 33.3. The Morgan fingerprint density at radius 3 is 2.22 bits per heavy atom. The molecular formula is C36H46ClN3O5. The van der Waals surface area contributed by atoms with Gasteiger partial charge in [0.2, 0.25) is 5.91 Å². The summed E-state index contributed by atoms with van der Waals surface area (Å²) in [5.74, 6) is -0.761. The number of ether oxygens (including phenoxy) is 1. The lowest BCUT2D eigenvalue weighted by Crippen LogP contribution is -2.53. The lowest BCUT2D eigenvalue weighted by molar-refractivity contribution is -0.140. The van der Waals surface area contributed by atoms with Gasteiger partial charge in [-0.25, -0.2) is 4.79 Å². The minimum atomic E-state index is -1.06. The van der Waals surface area contributed by atoms with Gasteiger partial charge in [0.1, 0.15) is 23.4 Å². The number of phenols is 1. The van der Waals surface area contributed by atoms with Crippen molar-refractivity contribution >= 4 is 35.2 Å². The molecule has 9 heteroatoms. The highest BCUT2D eigenvalue weighted by atomic mass is 35.5. The molecule has 0 aliphatic carbocycles. The molecule has 3 rings (SSSR count). The van der Waals surface area contributed by atoms with Crippen LogP contribution in [0.3, 0.4) is 0 Å². The number of alkyl carbamates (subject to hydrolysis) is 1. The molecule has 0 aliphatic heterocycles. The Morgan fingerprint density at radius 1 is 0.933 bits per heavy atom. The zero-order valence-corrected chi connectivity index (χ0v) is 28.1. The maximum absolute atomic E-state index is 14.7. The van der Waals surface area contributed by atoms with Crippen LogP contribution in [0.5, 0.6) is 5.75 Å². The van der Waals surface area contributed by atoms with E-state index in [4.69, 9.17) is 16.3 Å². The minimum Gasteiger partial charge on any atom is -0.508 e. The molecule has 0 bridgehead atoms. The molecule has 242 valence electrons. The third kappa shape index (κ3) is 10.2. The molecule has 0 aromatic heterocycles. The van der Waals surface area contributed by atoms with Gasteiger partial charge >= 0.3 is 6.09 Å². The Balaban J connectivity index is 2.13. The molecule has 2 unspecified atom stereocenters. The van der Waals surface area contributed by atoms with Crippen molar-refractivity contribution in [1.29, 1.82) is 0 Å². The number of carbonyl (C=O) groups is 3. The van der Waals surface area contributed by atoms with E-state index in [1.54, 1.807) is 43.9 Å². The van der Waals surface area contributed by atoms with Crippen LogP contribution in [0.25, 0.3) is 0 Å². The number of benzene rings is 3. The van der Waals surface area contributed by atoms with Gasteiger partial charge in [-0.3, -0.25) is 9.59 Å². The fourth-order valence-electron chi connectivity index (χ4n) is 5.01. The molecule has 0 heterocycles. The minimum absolute atomic E-state index is 0.0873. The van der Waals surface area contributed by atoms with Gasteiger partial charge in [0, 0.05) is 13.0 Å². The zero-order valence-electron chi connectivity index (χ0n) is 27.4. The normalized spacial score (nSPS) is 12.6. The first-order valence-corrected chi connectivity index (χ1v) is 15.8. The summed E-state index contributed by atoms with van der Waals surface area (Å²) in [4.78, 5) is 43.6. The summed E-state index contributed by atoms with van der Waals surface area (Å²) < 4.78 is 5.53. The number of nitrogens with one attached hydrogen (secondary N) is 2. The Hall–Kier alpha value is -4.04. The van der Waals surface area contributed by atoms with Crippen LogP contribution in [0.2, 0.25) is 5.02 Å². The van der Waals surface area contributed by atoms with Crippen molar-refractivity contribution < 1.29 is 24.2 Å². The molecule has 2 atom stereocenters. The van der Waals surface area contributed by atoms with Crippen LogP contribution in [0.1, 0.15) is 80.8 Å². The number of phenolic OH excluding ortho intramolecular Hbond substituents is 1. The number of amides is 3. The third-order valence-corrected chi connectivity index (χ3v) is 7.84. The van der Waals surface area contributed by atoms with E-state index in [0.29, 0.717) is 22.7 Å². The summed E-state index contributed by atoms with van der Waals surface area (Å²) in [6.07, 6.45) is 1.78. The maximum Gasteiger partial charge on any atom is 0.408 e. The lowest BCUT2D eigenvalue weighted by Gasteiger charge is -2.35. The van der Waals surface area contributed by atoms with Gasteiger partial charge < -0.3 is 25.4 Å². The van der Waals surface area contributed by atoms with Crippen molar-refractivity contribution in [2.75, 3.05) is 11.9 Å². The van der Waals surface area contributed by atoms with E-state index >= 15 is 0 Å². The highest BCUT2D eigenvalue weighted by Crippen LogP contribution is 2.31. The van der Waals surface area contributed by atoms with E-state index in [9.17, 15) is 19.5 Å². The second kappa shape index (κ2) is 15.8. The van der Waals surface area contributed by atoms with Crippen molar-refractivity contribution in [1.82, 2.24) is 10.2 Å². The van der Waals surface area contributed by atoms with Crippen LogP contribution in [0.15, 0.2) is 60.7 Å². The first-order valence-electron chi connectivity index (χ1n) is 15.4. The number of unbranched alkanes of at least 4 members (excludes halogenated alkanes) is 2. The van der Waals surface area contributed by atoms with Crippen molar-refractivity contribution in [2.24, 2.45) is 0 Å². The summed E-state index contributed by atoms with van der Waals surface area (Å²) in [6, 6.07) is 15.5. The van der Waals surface area contributed by atoms with Gasteiger partial charge in [-0.15, -0.1) is 0 Å². The number of halogens is 1. The summed E-state index contributed by atoms with van der Waals surface area (Å²) >= 11 is 6.50. The highest BCUT2D eigenvalue weighted by molar-refractivity contribution is 6.34.